The van der Waals surface area contributed by atoms with E-state index >= 15 is 0 Å². The van der Waals surface area contributed by atoms with Gasteiger partial charge in [-0.2, -0.15) is 0 Å². The SMILES string of the molecule is CC(C)(C)C1CCN(C(=O)N[C@H](CCC(N)=O)C(=O)O)C1. The van der Waals surface area contributed by atoms with Crippen molar-refractivity contribution in [2.75, 3.05) is 13.1 Å². The number of likely N-dealkylation sites (tertiary alicyclic amines) is 1. The van der Waals surface area contributed by atoms with Gasteiger partial charge in [0.05, 0.1) is 0 Å². The Balaban J connectivity index is 2.55. The highest BCUT2D eigenvalue weighted by molar-refractivity contribution is 5.83. The van der Waals surface area contributed by atoms with E-state index in [9.17, 15) is 14.4 Å². The predicted octanol–water partition coefficient (Wildman–Crippen LogP) is 0.783. The molecule has 0 radical (unpaired) electrons. The van der Waals surface area contributed by atoms with Gasteiger partial charge < -0.3 is 21.1 Å². The average molecular weight is 299 g/mol. The van der Waals surface area contributed by atoms with E-state index in [1.165, 1.54) is 0 Å². The molecule has 0 saturated carbocycles. The van der Waals surface area contributed by atoms with Crippen molar-refractivity contribution in [3.8, 4) is 0 Å². The summed E-state index contributed by atoms with van der Waals surface area (Å²) < 4.78 is 0. The smallest absolute Gasteiger partial charge is 0.326 e. The number of carbonyl (C=O) groups excluding carboxylic acids is 2. The van der Waals surface area contributed by atoms with Gasteiger partial charge in [-0.05, 0) is 24.2 Å². The van der Waals surface area contributed by atoms with Crippen molar-refractivity contribution in [1.82, 2.24) is 10.2 Å². The molecule has 7 nitrogen and oxygen atoms in total. The lowest BCUT2D eigenvalue weighted by Crippen LogP contribution is -2.47. The number of nitrogens with one attached hydrogen (secondary N) is 1. The fourth-order valence-electron chi connectivity index (χ4n) is 2.44. The lowest BCUT2D eigenvalue weighted by Gasteiger charge is -2.27. The Morgan fingerprint density at radius 3 is 2.43 bits per heavy atom. The van der Waals surface area contributed by atoms with Crippen LogP contribution >= 0.6 is 0 Å². The van der Waals surface area contributed by atoms with Crippen molar-refractivity contribution in [1.29, 1.82) is 0 Å². The lowest BCUT2D eigenvalue weighted by molar-refractivity contribution is -0.139. The maximum atomic E-state index is 12.1. The Labute approximate surface area is 124 Å². The summed E-state index contributed by atoms with van der Waals surface area (Å²) in [5.74, 6) is -1.34. The number of amides is 3. The summed E-state index contributed by atoms with van der Waals surface area (Å²) in [7, 11) is 0. The van der Waals surface area contributed by atoms with E-state index in [0.29, 0.717) is 19.0 Å². The third-order valence-corrected chi connectivity index (χ3v) is 3.98. The van der Waals surface area contributed by atoms with Crippen LogP contribution in [0.1, 0.15) is 40.0 Å². The molecule has 7 heteroatoms. The molecule has 120 valence electrons. The van der Waals surface area contributed by atoms with Gasteiger partial charge in [-0.3, -0.25) is 4.79 Å². The Bertz CT molecular complexity index is 417. The van der Waals surface area contributed by atoms with Crippen molar-refractivity contribution in [2.24, 2.45) is 17.1 Å². The van der Waals surface area contributed by atoms with Crippen molar-refractivity contribution in [3.63, 3.8) is 0 Å². The van der Waals surface area contributed by atoms with Gasteiger partial charge in [0, 0.05) is 19.5 Å². The fourth-order valence-corrected chi connectivity index (χ4v) is 2.44. The number of urea groups is 1. The summed E-state index contributed by atoms with van der Waals surface area (Å²) in [6.07, 6.45) is 0.852. The average Bonchev–Trinajstić information content (AvgIpc) is 2.82. The summed E-state index contributed by atoms with van der Waals surface area (Å²) in [6.45, 7) is 7.64. The molecule has 0 aromatic heterocycles. The number of primary amides is 1. The minimum Gasteiger partial charge on any atom is -0.480 e. The molecule has 1 unspecified atom stereocenters. The molecule has 0 aliphatic carbocycles. The number of nitrogens with zero attached hydrogens (tertiary/aromatic N) is 1. The van der Waals surface area contributed by atoms with Crippen LogP contribution in [0.3, 0.4) is 0 Å². The van der Waals surface area contributed by atoms with Gasteiger partial charge in [0.15, 0.2) is 0 Å². The lowest BCUT2D eigenvalue weighted by atomic mass is 9.80. The monoisotopic (exact) mass is 299 g/mol. The zero-order chi connectivity index (χ0) is 16.2. The van der Waals surface area contributed by atoms with Gasteiger partial charge in [0.25, 0.3) is 0 Å². The highest BCUT2D eigenvalue weighted by atomic mass is 16.4. The van der Waals surface area contributed by atoms with Crippen LogP contribution in [-0.2, 0) is 9.59 Å². The molecular formula is C14H25N3O4. The molecule has 2 atom stereocenters. The first-order valence-electron chi connectivity index (χ1n) is 7.18. The summed E-state index contributed by atoms with van der Waals surface area (Å²) in [5, 5.41) is 11.5. The summed E-state index contributed by atoms with van der Waals surface area (Å²) in [5.41, 5.74) is 5.12. The van der Waals surface area contributed by atoms with Crippen LogP contribution in [0.15, 0.2) is 0 Å². The fraction of sp³-hybridized carbons (Fsp3) is 0.786. The second kappa shape index (κ2) is 6.78. The van der Waals surface area contributed by atoms with Crippen molar-refractivity contribution >= 4 is 17.9 Å². The molecule has 3 amide bonds. The standard InChI is InChI=1S/C14H25N3O4/c1-14(2,3)9-6-7-17(8-9)13(21)16-10(12(19)20)4-5-11(15)18/h9-10H,4-8H2,1-3H3,(H2,15,18)(H,16,21)(H,19,20)/t9?,10-/m1/s1. The maximum absolute atomic E-state index is 12.1. The molecule has 21 heavy (non-hydrogen) atoms. The van der Waals surface area contributed by atoms with Crippen LogP contribution in [0, 0.1) is 11.3 Å². The molecule has 0 bridgehead atoms. The molecular weight excluding hydrogens is 274 g/mol. The first-order valence-corrected chi connectivity index (χ1v) is 7.18. The highest BCUT2D eigenvalue weighted by Crippen LogP contribution is 2.33. The zero-order valence-electron chi connectivity index (χ0n) is 12.9. The number of carbonyl (C=O) groups is 3. The number of hydrogen-bond donors (Lipinski definition) is 3. The van der Waals surface area contributed by atoms with Gasteiger partial charge in [0.2, 0.25) is 5.91 Å². The number of rotatable bonds is 5. The number of carboxylic acids is 1. The first-order chi connectivity index (χ1) is 9.61. The predicted molar refractivity (Wildman–Crippen MR) is 77.5 cm³/mol. The van der Waals surface area contributed by atoms with Gasteiger partial charge in [-0.25, -0.2) is 9.59 Å². The van der Waals surface area contributed by atoms with Crippen LogP contribution in [0.4, 0.5) is 4.79 Å². The van der Waals surface area contributed by atoms with E-state index in [4.69, 9.17) is 10.8 Å². The van der Waals surface area contributed by atoms with Crippen molar-refractivity contribution < 1.29 is 19.5 Å². The molecule has 0 spiro atoms. The third-order valence-electron chi connectivity index (χ3n) is 3.98. The van der Waals surface area contributed by atoms with E-state index in [-0.39, 0.29) is 18.3 Å². The van der Waals surface area contributed by atoms with E-state index in [1.54, 1.807) is 4.90 Å². The molecule has 1 saturated heterocycles. The molecule has 1 heterocycles. The van der Waals surface area contributed by atoms with E-state index in [1.807, 2.05) is 0 Å². The van der Waals surface area contributed by atoms with Crippen LogP contribution < -0.4 is 11.1 Å². The van der Waals surface area contributed by atoms with E-state index < -0.39 is 23.9 Å². The second-order valence-electron chi connectivity index (χ2n) is 6.64. The van der Waals surface area contributed by atoms with Gasteiger partial charge in [0.1, 0.15) is 6.04 Å². The minimum atomic E-state index is -1.16. The van der Waals surface area contributed by atoms with E-state index in [2.05, 4.69) is 26.1 Å². The van der Waals surface area contributed by atoms with Gasteiger partial charge >= 0.3 is 12.0 Å². The summed E-state index contributed by atoms with van der Waals surface area (Å²) >= 11 is 0. The molecule has 1 rings (SSSR count). The minimum absolute atomic E-state index is 0.00689. The van der Waals surface area contributed by atoms with Crippen LogP contribution in [-0.4, -0.2) is 47.0 Å². The number of nitrogens with two attached hydrogens (primary N) is 1. The molecule has 0 aromatic rings. The second-order valence-corrected chi connectivity index (χ2v) is 6.64. The maximum Gasteiger partial charge on any atom is 0.326 e. The highest BCUT2D eigenvalue weighted by Gasteiger charge is 2.34. The van der Waals surface area contributed by atoms with Gasteiger partial charge in [-0.15, -0.1) is 0 Å². The molecule has 0 aromatic carbocycles. The largest absolute Gasteiger partial charge is 0.480 e. The Kier molecular flexibility index (Phi) is 5.57. The Morgan fingerprint density at radius 2 is 2.00 bits per heavy atom. The Hall–Kier alpha value is -1.79. The first kappa shape index (κ1) is 17.3. The van der Waals surface area contributed by atoms with Crippen LogP contribution in [0.5, 0.6) is 0 Å². The normalized spacial score (nSPS) is 20.1. The zero-order valence-corrected chi connectivity index (χ0v) is 12.9. The molecule has 1 aliphatic heterocycles. The van der Waals surface area contributed by atoms with Crippen LogP contribution in [0.25, 0.3) is 0 Å². The Morgan fingerprint density at radius 1 is 1.38 bits per heavy atom. The molecule has 1 fully saturated rings. The molecule has 4 N–H and O–H groups in total. The number of aliphatic carboxylic acids is 1. The van der Waals surface area contributed by atoms with Crippen molar-refractivity contribution in [3.05, 3.63) is 0 Å². The summed E-state index contributed by atoms with van der Waals surface area (Å²) in [4.78, 5) is 35.6. The third kappa shape index (κ3) is 5.24. The van der Waals surface area contributed by atoms with Gasteiger partial charge in [-0.1, -0.05) is 20.8 Å². The van der Waals surface area contributed by atoms with E-state index in [0.717, 1.165) is 6.42 Å². The molecule has 1 aliphatic rings. The number of hydrogen-bond acceptors (Lipinski definition) is 3. The number of carboxylic acid groups (broad SMARTS) is 1. The summed E-state index contributed by atoms with van der Waals surface area (Å²) in [6, 6.07) is -1.47. The topological polar surface area (TPSA) is 113 Å². The van der Waals surface area contributed by atoms with Crippen molar-refractivity contribution in [2.45, 2.75) is 46.1 Å². The quantitative estimate of drug-likeness (QED) is 0.696. The van der Waals surface area contributed by atoms with Crippen LogP contribution in [0.2, 0.25) is 0 Å².